The van der Waals surface area contributed by atoms with Gasteiger partial charge in [0.05, 0.1) is 29.1 Å². The van der Waals surface area contributed by atoms with Gasteiger partial charge in [-0.05, 0) is 18.2 Å². The molecule has 1 saturated heterocycles. The van der Waals surface area contributed by atoms with Gasteiger partial charge < -0.3 is 14.6 Å². The summed E-state index contributed by atoms with van der Waals surface area (Å²) in [6.07, 6.45) is -2.43. The van der Waals surface area contributed by atoms with Crippen molar-refractivity contribution >= 4 is 43.4 Å². The van der Waals surface area contributed by atoms with Crippen LogP contribution in [0.2, 0.25) is 0 Å². The number of carbonyl (C=O) groups excluding carboxylic acids is 1. The summed E-state index contributed by atoms with van der Waals surface area (Å²) in [5, 5.41) is 8.84. The molecule has 2 aromatic heterocycles. The number of morpholine rings is 1. The molecular formula is C18H20F2N6O4S2. The minimum Gasteiger partial charge on any atom is -0.379 e. The van der Waals surface area contributed by atoms with Crippen LogP contribution < -0.4 is 5.32 Å². The summed E-state index contributed by atoms with van der Waals surface area (Å²) in [5.41, 5.74) is 1.23. The Labute approximate surface area is 186 Å². The van der Waals surface area contributed by atoms with Crippen molar-refractivity contribution in [1.82, 2.24) is 24.1 Å². The molecule has 0 radical (unpaired) electrons. The van der Waals surface area contributed by atoms with E-state index in [9.17, 15) is 22.0 Å². The van der Waals surface area contributed by atoms with Gasteiger partial charge in [0.15, 0.2) is 5.01 Å². The largest absolute Gasteiger partial charge is 0.379 e. The smallest absolute Gasteiger partial charge is 0.291 e. The van der Waals surface area contributed by atoms with Gasteiger partial charge in [-0.25, -0.2) is 22.2 Å². The number of sulfonamides is 1. The lowest BCUT2D eigenvalue weighted by Crippen LogP contribution is -2.40. The maximum absolute atomic E-state index is 12.9. The fourth-order valence-corrected chi connectivity index (χ4v) is 5.37. The minimum atomic E-state index is -3.65. The van der Waals surface area contributed by atoms with Gasteiger partial charge in [0.1, 0.15) is 5.82 Å². The Morgan fingerprint density at radius 2 is 2.03 bits per heavy atom. The van der Waals surface area contributed by atoms with E-state index in [-0.39, 0.29) is 22.9 Å². The summed E-state index contributed by atoms with van der Waals surface area (Å²) in [7, 11) is -1.87. The summed E-state index contributed by atoms with van der Waals surface area (Å²) in [6.45, 7) is 1.32. The highest BCUT2D eigenvalue weighted by molar-refractivity contribution is 7.89. The van der Waals surface area contributed by atoms with E-state index in [0.717, 1.165) is 5.52 Å². The molecule has 1 amide bonds. The number of ether oxygens (including phenoxy) is 1. The molecule has 10 nitrogen and oxygen atoms in total. The lowest BCUT2D eigenvalue weighted by Gasteiger charge is -2.26. The van der Waals surface area contributed by atoms with Crippen LogP contribution in [0.3, 0.4) is 0 Å². The number of alkyl halides is 2. The third kappa shape index (κ3) is 4.62. The first-order valence-electron chi connectivity index (χ1n) is 9.70. The van der Waals surface area contributed by atoms with Crippen LogP contribution in [0.25, 0.3) is 11.0 Å². The van der Waals surface area contributed by atoms with E-state index in [1.165, 1.54) is 10.4 Å². The molecule has 1 fully saturated rings. The normalized spacial score (nSPS) is 15.5. The van der Waals surface area contributed by atoms with E-state index in [0.29, 0.717) is 49.0 Å². The van der Waals surface area contributed by atoms with Crippen LogP contribution in [0.4, 0.5) is 13.9 Å². The third-order valence-corrected chi connectivity index (χ3v) is 7.74. The molecule has 0 aliphatic carbocycles. The molecule has 1 aliphatic heterocycles. The zero-order valence-electron chi connectivity index (χ0n) is 17.0. The monoisotopic (exact) mass is 486 g/mol. The van der Waals surface area contributed by atoms with E-state index in [1.54, 1.807) is 23.7 Å². The molecule has 3 aromatic rings. The van der Waals surface area contributed by atoms with Crippen LogP contribution in [0, 0.1) is 0 Å². The number of fused-ring (bicyclic) bond motifs is 1. The Hall–Kier alpha value is -2.55. The second-order valence-electron chi connectivity index (χ2n) is 7.05. The third-order valence-electron chi connectivity index (χ3n) is 5.00. The van der Waals surface area contributed by atoms with Gasteiger partial charge in [-0.2, -0.15) is 4.31 Å². The van der Waals surface area contributed by atoms with E-state index < -0.39 is 27.4 Å². The first-order chi connectivity index (χ1) is 15.3. The highest BCUT2D eigenvalue weighted by Gasteiger charge is 2.27. The molecule has 0 bridgehead atoms. The van der Waals surface area contributed by atoms with Crippen molar-refractivity contribution in [3.05, 3.63) is 29.0 Å². The zero-order chi connectivity index (χ0) is 22.9. The van der Waals surface area contributed by atoms with Crippen molar-refractivity contribution in [3.8, 4) is 0 Å². The molecule has 4 rings (SSSR count). The highest BCUT2D eigenvalue weighted by atomic mass is 32.2. The van der Waals surface area contributed by atoms with Gasteiger partial charge in [-0.3, -0.25) is 4.79 Å². The van der Waals surface area contributed by atoms with Crippen LogP contribution in [0.15, 0.2) is 23.1 Å². The van der Waals surface area contributed by atoms with Crippen molar-refractivity contribution in [2.45, 2.75) is 24.2 Å². The average Bonchev–Trinajstić information content (AvgIpc) is 3.37. The molecule has 32 heavy (non-hydrogen) atoms. The number of hydrogen-bond donors (Lipinski definition) is 1. The molecule has 1 N–H and O–H groups in total. The summed E-state index contributed by atoms with van der Waals surface area (Å²) >= 11 is 0.620. The molecule has 0 unspecified atom stereocenters. The van der Waals surface area contributed by atoms with Gasteiger partial charge >= 0.3 is 0 Å². The number of aryl methyl sites for hydroxylation is 2. The molecule has 1 aromatic carbocycles. The van der Waals surface area contributed by atoms with Gasteiger partial charge in [-0.15, -0.1) is 10.2 Å². The molecule has 14 heteroatoms. The number of halogens is 2. The number of anilines is 1. The molecule has 3 heterocycles. The standard InChI is InChI=1S/C18H20F2N6O4S2/c1-25-13-3-2-11(32(28,29)26-6-8-30-9-7-26)10-12(13)21-14(25)4-5-15(27)22-18-24-23-17(31-18)16(19)20/h2-3,10,16H,4-9H2,1H3,(H,22,24,27). The Morgan fingerprint density at radius 3 is 2.72 bits per heavy atom. The van der Waals surface area contributed by atoms with Crippen molar-refractivity contribution < 1.29 is 26.7 Å². The summed E-state index contributed by atoms with van der Waals surface area (Å²) in [6, 6.07) is 4.75. The van der Waals surface area contributed by atoms with Crippen molar-refractivity contribution in [2.75, 3.05) is 31.6 Å². The summed E-state index contributed by atoms with van der Waals surface area (Å²) in [4.78, 5) is 16.8. The Morgan fingerprint density at radius 1 is 1.28 bits per heavy atom. The first-order valence-corrected chi connectivity index (χ1v) is 12.0. The molecular weight excluding hydrogens is 466 g/mol. The van der Waals surface area contributed by atoms with E-state index in [2.05, 4.69) is 20.5 Å². The highest BCUT2D eigenvalue weighted by Crippen LogP contribution is 2.26. The predicted octanol–water partition coefficient (Wildman–Crippen LogP) is 1.95. The number of rotatable bonds is 7. The molecule has 0 atom stereocenters. The SMILES string of the molecule is Cn1c(CCC(=O)Nc2nnc(C(F)F)s2)nc2cc(S(=O)(=O)N3CCOCC3)ccc21. The molecule has 0 spiro atoms. The number of aromatic nitrogens is 4. The van der Waals surface area contributed by atoms with Crippen LogP contribution in [0.5, 0.6) is 0 Å². The predicted molar refractivity (Wildman–Crippen MR) is 112 cm³/mol. The quantitative estimate of drug-likeness (QED) is 0.542. The second kappa shape index (κ2) is 9.13. The van der Waals surface area contributed by atoms with E-state index >= 15 is 0 Å². The van der Waals surface area contributed by atoms with Gasteiger partial charge in [0.2, 0.25) is 21.1 Å². The Kier molecular flexibility index (Phi) is 6.46. The zero-order valence-corrected chi connectivity index (χ0v) is 18.6. The van der Waals surface area contributed by atoms with Gasteiger partial charge in [-0.1, -0.05) is 11.3 Å². The topological polar surface area (TPSA) is 119 Å². The Balaban J connectivity index is 1.46. The molecule has 0 saturated carbocycles. The molecule has 1 aliphatic rings. The number of hydrogen-bond acceptors (Lipinski definition) is 8. The fourth-order valence-electron chi connectivity index (χ4n) is 3.33. The molecule has 172 valence electrons. The van der Waals surface area contributed by atoms with Crippen molar-refractivity contribution in [1.29, 1.82) is 0 Å². The number of imidazole rings is 1. The minimum absolute atomic E-state index is 0.00765. The maximum atomic E-state index is 12.9. The number of benzene rings is 1. The average molecular weight is 487 g/mol. The first kappa shape index (κ1) is 22.6. The van der Waals surface area contributed by atoms with Crippen LogP contribution in [-0.4, -0.2) is 64.7 Å². The van der Waals surface area contributed by atoms with Gasteiger partial charge in [0, 0.05) is 33.0 Å². The fraction of sp³-hybridized carbons (Fsp3) is 0.444. The second-order valence-corrected chi connectivity index (χ2v) is 10.00. The van der Waals surface area contributed by atoms with Crippen LogP contribution >= 0.6 is 11.3 Å². The van der Waals surface area contributed by atoms with E-state index in [1.807, 2.05) is 0 Å². The number of nitrogens with zero attached hydrogens (tertiary/aromatic N) is 5. The Bertz CT molecular complexity index is 1240. The summed E-state index contributed by atoms with van der Waals surface area (Å²) < 4.78 is 59.3. The maximum Gasteiger partial charge on any atom is 0.291 e. The number of amides is 1. The lowest BCUT2D eigenvalue weighted by molar-refractivity contribution is -0.116. The number of nitrogens with one attached hydrogen (secondary N) is 1. The van der Waals surface area contributed by atoms with Crippen molar-refractivity contribution in [3.63, 3.8) is 0 Å². The van der Waals surface area contributed by atoms with Crippen LogP contribution in [-0.2, 0) is 33.0 Å². The van der Waals surface area contributed by atoms with Gasteiger partial charge in [0.25, 0.3) is 6.43 Å². The lowest BCUT2D eigenvalue weighted by atomic mass is 10.3. The van der Waals surface area contributed by atoms with Crippen molar-refractivity contribution in [2.24, 2.45) is 7.05 Å². The summed E-state index contributed by atoms with van der Waals surface area (Å²) in [5.74, 6) is 0.172. The van der Waals surface area contributed by atoms with Crippen LogP contribution in [0.1, 0.15) is 23.7 Å². The number of carbonyl (C=O) groups is 1. The van der Waals surface area contributed by atoms with E-state index in [4.69, 9.17) is 4.74 Å².